The topological polar surface area (TPSA) is 77.0 Å². The van der Waals surface area contributed by atoms with Crippen molar-refractivity contribution in [3.63, 3.8) is 0 Å². The van der Waals surface area contributed by atoms with E-state index >= 15 is 0 Å². The summed E-state index contributed by atoms with van der Waals surface area (Å²) in [7, 11) is 3.37. The molecule has 1 fully saturated rings. The summed E-state index contributed by atoms with van der Waals surface area (Å²) >= 11 is 0. The Labute approximate surface area is 167 Å². The van der Waals surface area contributed by atoms with Gasteiger partial charge >= 0.3 is 0 Å². The number of nitrogens with one attached hydrogen (secondary N) is 2. The molecule has 0 amide bonds. The summed E-state index contributed by atoms with van der Waals surface area (Å²) in [6.45, 7) is 3.78. The standard InChI is InChI=1S/C17H28N4O3.HI/c1-18-17(21-12-14-6-8-19-16(11-14)22-2)20-7-4-9-23-13-15-5-3-10-24-15;/h6,8,11,15H,3-5,7,9-10,12-13H2,1-2H3,(H2,18,20,21);1H. The Balaban J connectivity index is 0.00000312. The van der Waals surface area contributed by atoms with E-state index in [1.165, 1.54) is 0 Å². The maximum absolute atomic E-state index is 5.64. The van der Waals surface area contributed by atoms with Crippen LogP contribution in [0.15, 0.2) is 23.3 Å². The molecule has 1 aromatic heterocycles. The monoisotopic (exact) mass is 464 g/mol. The van der Waals surface area contributed by atoms with E-state index in [0.29, 0.717) is 25.1 Å². The molecule has 142 valence electrons. The third kappa shape index (κ3) is 8.68. The van der Waals surface area contributed by atoms with E-state index in [1.807, 2.05) is 12.1 Å². The number of ether oxygens (including phenoxy) is 3. The van der Waals surface area contributed by atoms with Crippen molar-refractivity contribution in [2.24, 2.45) is 4.99 Å². The van der Waals surface area contributed by atoms with Crippen LogP contribution < -0.4 is 15.4 Å². The Hall–Kier alpha value is -1.13. The molecule has 0 radical (unpaired) electrons. The minimum Gasteiger partial charge on any atom is -0.481 e. The van der Waals surface area contributed by atoms with Crippen molar-refractivity contribution in [1.82, 2.24) is 15.6 Å². The first-order chi connectivity index (χ1) is 11.8. The van der Waals surface area contributed by atoms with Crippen LogP contribution in [0.25, 0.3) is 0 Å². The lowest BCUT2D eigenvalue weighted by molar-refractivity contribution is 0.0168. The Bertz CT molecular complexity index is 510. The maximum Gasteiger partial charge on any atom is 0.213 e. The zero-order valence-electron chi connectivity index (χ0n) is 15.0. The summed E-state index contributed by atoms with van der Waals surface area (Å²) in [5.41, 5.74) is 1.09. The summed E-state index contributed by atoms with van der Waals surface area (Å²) in [5.74, 6) is 1.38. The van der Waals surface area contributed by atoms with Gasteiger partial charge in [0, 0.05) is 45.6 Å². The van der Waals surface area contributed by atoms with Gasteiger partial charge in [-0.15, -0.1) is 24.0 Å². The largest absolute Gasteiger partial charge is 0.481 e. The van der Waals surface area contributed by atoms with Gasteiger partial charge in [-0.25, -0.2) is 4.98 Å². The molecule has 2 rings (SSSR count). The lowest BCUT2D eigenvalue weighted by atomic mass is 10.2. The van der Waals surface area contributed by atoms with Gasteiger partial charge in [0.1, 0.15) is 0 Å². The molecule has 1 saturated heterocycles. The van der Waals surface area contributed by atoms with Crippen LogP contribution in [-0.2, 0) is 16.0 Å². The Morgan fingerprint density at radius 2 is 2.32 bits per heavy atom. The van der Waals surface area contributed by atoms with E-state index in [2.05, 4.69) is 20.6 Å². The van der Waals surface area contributed by atoms with E-state index in [-0.39, 0.29) is 24.0 Å². The molecule has 1 aromatic rings. The predicted octanol–water partition coefficient (Wildman–Crippen LogP) is 1.96. The highest BCUT2D eigenvalue weighted by atomic mass is 127. The molecule has 2 N–H and O–H groups in total. The summed E-state index contributed by atoms with van der Waals surface area (Å²) < 4.78 is 16.3. The quantitative estimate of drug-likeness (QED) is 0.252. The number of rotatable bonds is 9. The summed E-state index contributed by atoms with van der Waals surface area (Å²) in [6.07, 6.45) is 5.23. The number of methoxy groups -OCH3 is 1. The molecule has 2 heterocycles. The SMILES string of the molecule is CN=C(NCCCOCC1CCCO1)NCc1ccnc(OC)c1.I. The number of hydrogen-bond acceptors (Lipinski definition) is 5. The molecule has 0 spiro atoms. The van der Waals surface area contributed by atoms with Crippen molar-refractivity contribution >= 4 is 29.9 Å². The first-order valence-corrected chi connectivity index (χ1v) is 8.44. The minimum atomic E-state index is 0. The fraction of sp³-hybridized carbons (Fsp3) is 0.647. The molecule has 0 aliphatic carbocycles. The lowest BCUT2D eigenvalue weighted by Gasteiger charge is -2.13. The number of nitrogens with zero attached hydrogens (tertiary/aromatic N) is 2. The van der Waals surface area contributed by atoms with Gasteiger partial charge in [0.15, 0.2) is 5.96 Å². The molecule has 7 nitrogen and oxygen atoms in total. The molecule has 1 atom stereocenters. The zero-order valence-corrected chi connectivity index (χ0v) is 17.3. The Morgan fingerprint density at radius 1 is 1.44 bits per heavy atom. The van der Waals surface area contributed by atoms with Crippen molar-refractivity contribution in [3.8, 4) is 5.88 Å². The molecule has 1 aliphatic heterocycles. The maximum atomic E-state index is 5.64. The van der Waals surface area contributed by atoms with E-state index < -0.39 is 0 Å². The Morgan fingerprint density at radius 3 is 3.04 bits per heavy atom. The first kappa shape index (κ1) is 21.9. The van der Waals surface area contributed by atoms with Gasteiger partial charge in [0.2, 0.25) is 5.88 Å². The number of aliphatic imine (C=N–C) groups is 1. The number of aromatic nitrogens is 1. The highest BCUT2D eigenvalue weighted by Crippen LogP contribution is 2.11. The summed E-state index contributed by atoms with van der Waals surface area (Å²) in [5, 5.41) is 6.54. The van der Waals surface area contributed by atoms with Crippen LogP contribution >= 0.6 is 24.0 Å². The van der Waals surface area contributed by atoms with Crippen LogP contribution in [0.3, 0.4) is 0 Å². The van der Waals surface area contributed by atoms with E-state index in [1.54, 1.807) is 20.4 Å². The van der Waals surface area contributed by atoms with Gasteiger partial charge in [0.05, 0.1) is 19.8 Å². The third-order valence-electron chi connectivity index (χ3n) is 3.78. The highest BCUT2D eigenvalue weighted by molar-refractivity contribution is 14.0. The molecule has 1 unspecified atom stereocenters. The van der Waals surface area contributed by atoms with Crippen LogP contribution in [0.4, 0.5) is 0 Å². The Kier molecular flexibility index (Phi) is 11.5. The fourth-order valence-corrected chi connectivity index (χ4v) is 2.45. The van der Waals surface area contributed by atoms with Gasteiger partial charge in [0.25, 0.3) is 0 Å². The van der Waals surface area contributed by atoms with E-state index in [9.17, 15) is 0 Å². The van der Waals surface area contributed by atoms with Gasteiger partial charge in [-0.3, -0.25) is 4.99 Å². The van der Waals surface area contributed by atoms with Crippen LogP contribution in [0.1, 0.15) is 24.8 Å². The average Bonchev–Trinajstić information content (AvgIpc) is 3.14. The van der Waals surface area contributed by atoms with Crippen molar-refractivity contribution in [3.05, 3.63) is 23.9 Å². The number of pyridine rings is 1. The minimum absolute atomic E-state index is 0. The zero-order chi connectivity index (χ0) is 17.0. The molecule has 0 saturated carbocycles. The first-order valence-electron chi connectivity index (χ1n) is 8.44. The predicted molar refractivity (Wildman–Crippen MR) is 109 cm³/mol. The van der Waals surface area contributed by atoms with Gasteiger partial charge in [-0.1, -0.05) is 0 Å². The van der Waals surface area contributed by atoms with Crippen LogP contribution in [-0.4, -0.2) is 57.6 Å². The molecule has 0 bridgehead atoms. The fourth-order valence-electron chi connectivity index (χ4n) is 2.45. The van der Waals surface area contributed by atoms with Gasteiger partial charge < -0.3 is 24.8 Å². The number of halogens is 1. The highest BCUT2D eigenvalue weighted by Gasteiger charge is 2.14. The molecule has 25 heavy (non-hydrogen) atoms. The summed E-state index contributed by atoms with van der Waals surface area (Å²) in [4.78, 5) is 8.31. The smallest absolute Gasteiger partial charge is 0.213 e. The van der Waals surface area contributed by atoms with Crippen molar-refractivity contribution < 1.29 is 14.2 Å². The second-order valence-corrected chi connectivity index (χ2v) is 5.62. The third-order valence-corrected chi connectivity index (χ3v) is 3.78. The number of guanidine groups is 1. The average molecular weight is 464 g/mol. The lowest BCUT2D eigenvalue weighted by Crippen LogP contribution is -2.37. The molecule has 1 aliphatic rings. The van der Waals surface area contributed by atoms with Gasteiger partial charge in [-0.05, 0) is 30.9 Å². The summed E-state index contributed by atoms with van der Waals surface area (Å²) in [6, 6.07) is 3.85. The van der Waals surface area contributed by atoms with Crippen LogP contribution in [0.2, 0.25) is 0 Å². The normalized spacial score (nSPS) is 17.0. The van der Waals surface area contributed by atoms with Crippen molar-refractivity contribution in [2.45, 2.75) is 31.9 Å². The van der Waals surface area contributed by atoms with Crippen LogP contribution in [0, 0.1) is 0 Å². The molecular formula is C17H29IN4O3. The van der Waals surface area contributed by atoms with Crippen LogP contribution in [0.5, 0.6) is 5.88 Å². The number of hydrogen-bond donors (Lipinski definition) is 2. The van der Waals surface area contributed by atoms with Crippen molar-refractivity contribution in [1.29, 1.82) is 0 Å². The molecule has 8 heteroatoms. The molecular weight excluding hydrogens is 435 g/mol. The van der Waals surface area contributed by atoms with E-state index in [0.717, 1.165) is 50.5 Å². The molecule has 0 aromatic carbocycles. The second-order valence-electron chi connectivity index (χ2n) is 5.62. The van der Waals surface area contributed by atoms with E-state index in [4.69, 9.17) is 14.2 Å². The van der Waals surface area contributed by atoms with Crippen molar-refractivity contribution in [2.75, 3.05) is 40.5 Å². The van der Waals surface area contributed by atoms with Gasteiger partial charge in [-0.2, -0.15) is 0 Å². The second kappa shape index (κ2) is 13.1.